The standard InChI is InChI=1S/C20H21N3O5/c1-12-5-4-8-22-16(24)9-13(21-18(12)22)11-28-17(25)10-23-19(26)14-6-2-3-7-15(14)20(23)27/h4-5,8-9,14-15H,2-3,6-7,10-11H2,1H3/t14-,15-/m0/s1. The smallest absolute Gasteiger partial charge is 0.326 e. The van der Waals surface area contributed by atoms with Crippen LogP contribution in [0.5, 0.6) is 0 Å². The summed E-state index contributed by atoms with van der Waals surface area (Å²) in [6.07, 6.45) is 4.88. The van der Waals surface area contributed by atoms with E-state index in [9.17, 15) is 19.2 Å². The zero-order valence-electron chi connectivity index (χ0n) is 15.6. The average molecular weight is 383 g/mol. The number of ether oxygens (including phenoxy) is 1. The Morgan fingerprint density at radius 2 is 1.86 bits per heavy atom. The summed E-state index contributed by atoms with van der Waals surface area (Å²) in [5.41, 5.74) is 1.37. The van der Waals surface area contributed by atoms with Crippen molar-refractivity contribution in [3.63, 3.8) is 0 Å². The number of carbonyl (C=O) groups excluding carboxylic acids is 3. The van der Waals surface area contributed by atoms with Crippen LogP contribution in [0.25, 0.3) is 5.65 Å². The van der Waals surface area contributed by atoms with Gasteiger partial charge in [-0.05, 0) is 31.4 Å². The molecule has 2 aliphatic rings. The maximum Gasteiger partial charge on any atom is 0.326 e. The number of hydrogen-bond donors (Lipinski definition) is 0. The predicted molar refractivity (Wildman–Crippen MR) is 98.2 cm³/mol. The van der Waals surface area contributed by atoms with Crippen molar-refractivity contribution >= 4 is 23.4 Å². The molecule has 1 saturated carbocycles. The van der Waals surface area contributed by atoms with Crippen molar-refractivity contribution in [2.24, 2.45) is 11.8 Å². The van der Waals surface area contributed by atoms with E-state index < -0.39 is 12.5 Å². The molecule has 0 radical (unpaired) electrons. The number of aromatic nitrogens is 2. The van der Waals surface area contributed by atoms with Crippen molar-refractivity contribution < 1.29 is 19.1 Å². The molecule has 1 aliphatic carbocycles. The quantitative estimate of drug-likeness (QED) is 0.582. The molecule has 2 atom stereocenters. The van der Waals surface area contributed by atoms with Crippen molar-refractivity contribution in [3.8, 4) is 0 Å². The second-order valence-electron chi connectivity index (χ2n) is 7.39. The van der Waals surface area contributed by atoms with Crippen LogP contribution in [0, 0.1) is 18.8 Å². The second kappa shape index (κ2) is 7.18. The van der Waals surface area contributed by atoms with E-state index in [-0.39, 0.29) is 35.8 Å². The molecule has 2 aromatic heterocycles. The Hall–Kier alpha value is -3.03. The first-order chi connectivity index (χ1) is 13.5. The first kappa shape index (κ1) is 18.3. The van der Waals surface area contributed by atoms with Crippen LogP contribution in [0.3, 0.4) is 0 Å². The fraction of sp³-hybridized carbons (Fsp3) is 0.450. The van der Waals surface area contributed by atoms with Crippen LogP contribution >= 0.6 is 0 Å². The molecule has 3 heterocycles. The summed E-state index contributed by atoms with van der Waals surface area (Å²) >= 11 is 0. The van der Waals surface area contributed by atoms with Gasteiger partial charge < -0.3 is 4.74 Å². The van der Waals surface area contributed by atoms with E-state index in [1.165, 1.54) is 10.5 Å². The van der Waals surface area contributed by atoms with Crippen molar-refractivity contribution in [1.82, 2.24) is 14.3 Å². The molecule has 28 heavy (non-hydrogen) atoms. The van der Waals surface area contributed by atoms with Gasteiger partial charge in [-0.25, -0.2) is 4.98 Å². The Labute approximate surface area is 161 Å². The zero-order chi connectivity index (χ0) is 19.8. The van der Waals surface area contributed by atoms with Crippen LogP contribution < -0.4 is 5.56 Å². The number of pyridine rings is 1. The van der Waals surface area contributed by atoms with Gasteiger partial charge in [0.2, 0.25) is 11.8 Å². The minimum absolute atomic E-state index is 0.192. The van der Waals surface area contributed by atoms with E-state index >= 15 is 0 Å². The Morgan fingerprint density at radius 3 is 2.54 bits per heavy atom. The van der Waals surface area contributed by atoms with Gasteiger partial charge in [-0.3, -0.25) is 28.5 Å². The van der Waals surface area contributed by atoms with Gasteiger partial charge in [-0.15, -0.1) is 0 Å². The molecule has 0 unspecified atom stereocenters. The third kappa shape index (κ3) is 3.19. The van der Waals surface area contributed by atoms with Gasteiger partial charge in [-0.1, -0.05) is 18.9 Å². The molecule has 0 spiro atoms. The van der Waals surface area contributed by atoms with Crippen LogP contribution in [-0.2, 0) is 25.7 Å². The third-order valence-electron chi connectivity index (χ3n) is 5.54. The summed E-state index contributed by atoms with van der Waals surface area (Å²) in [5.74, 6) is -1.82. The summed E-state index contributed by atoms with van der Waals surface area (Å²) in [4.78, 5) is 54.6. The fourth-order valence-corrected chi connectivity index (χ4v) is 4.10. The molecule has 4 rings (SSSR count). The minimum Gasteiger partial charge on any atom is -0.458 e. The van der Waals surface area contributed by atoms with Crippen LogP contribution in [-0.4, -0.2) is 38.6 Å². The lowest BCUT2D eigenvalue weighted by molar-refractivity contribution is -0.153. The number of likely N-dealkylation sites (tertiary alicyclic amines) is 1. The molecular formula is C20H21N3O5. The summed E-state index contributed by atoms with van der Waals surface area (Å²) in [7, 11) is 0. The van der Waals surface area contributed by atoms with Crippen molar-refractivity contribution in [3.05, 3.63) is 46.0 Å². The predicted octanol–water partition coefficient (Wildman–Crippen LogP) is 1.22. The first-order valence-electron chi connectivity index (χ1n) is 9.44. The van der Waals surface area contributed by atoms with Crippen molar-refractivity contribution in [2.75, 3.05) is 6.54 Å². The van der Waals surface area contributed by atoms with Gasteiger partial charge in [-0.2, -0.15) is 0 Å². The van der Waals surface area contributed by atoms with Crippen LogP contribution in [0.4, 0.5) is 0 Å². The van der Waals surface area contributed by atoms with Crippen molar-refractivity contribution in [2.45, 2.75) is 39.2 Å². The van der Waals surface area contributed by atoms with Crippen LogP contribution in [0.15, 0.2) is 29.2 Å². The first-order valence-corrected chi connectivity index (χ1v) is 9.44. The molecule has 146 valence electrons. The number of nitrogens with zero attached hydrogens (tertiary/aromatic N) is 3. The van der Waals surface area contributed by atoms with Crippen LogP contribution in [0.2, 0.25) is 0 Å². The highest BCUT2D eigenvalue weighted by molar-refractivity contribution is 6.07. The summed E-state index contributed by atoms with van der Waals surface area (Å²) < 4.78 is 6.61. The molecule has 2 aromatic rings. The number of rotatable bonds is 4. The Balaban J connectivity index is 1.43. The molecule has 2 fully saturated rings. The molecule has 0 bridgehead atoms. The van der Waals surface area contributed by atoms with E-state index in [1.807, 2.05) is 13.0 Å². The fourth-order valence-electron chi connectivity index (χ4n) is 4.10. The minimum atomic E-state index is -0.688. The molecule has 0 aromatic carbocycles. The van der Waals surface area contributed by atoms with E-state index in [2.05, 4.69) is 4.98 Å². The monoisotopic (exact) mass is 383 g/mol. The largest absolute Gasteiger partial charge is 0.458 e. The lowest BCUT2D eigenvalue weighted by Gasteiger charge is -2.19. The summed E-state index contributed by atoms with van der Waals surface area (Å²) in [6, 6.07) is 4.90. The number of carbonyl (C=O) groups is 3. The average Bonchev–Trinajstić information content (AvgIpc) is 2.92. The van der Waals surface area contributed by atoms with Gasteiger partial charge in [0, 0.05) is 12.3 Å². The SMILES string of the molecule is Cc1cccn2c(=O)cc(COC(=O)CN3C(=O)[C@H]4CCCC[C@@H]4C3=O)nc12. The number of imide groups is 1. The molecule has 1 aliphatic heterocycles. The molecule has 1 saturated heterocycles. The number of esters is 1. The number of amides is 2. The van der Waals surface area contributed by atoms with Gasteiger partial charge in [0.1, 0.15) is 18.8 Å². The molecule has 0 N–H and O–H groups in total. The highest BCUT2D eigenvalue weighted by Crippen LogP contribution is 2.37. The van der Waals surface area contributed by atoms with Gasteiger partial charge in [0.05, 0.1) is 17.5 Å². The maximum atomic E-state index is 12.4. The number of aryl methyl sites for hydroxylation is 1. The molecular weight excluding hydrogens is 362 g/mol. The van der Waals surface area contributed by atoms with Gasteiger partial charge >= 0.3 is 5.97 Å². The topological polar surface area (TPSA) is 98.0 Å². The maximum absolute atomic E-state index is 12.4. The zero-order valence-corrected chi connectivity index (χ0v) is 15.6. The summed E-state index contributed by atoms with van der Waals surface area (Å²) in [6.45, 7) is 1.25. The molecule has 8 heteroatoms. The van der Waals surface area contributed by atoms with E-state index in [0.29, 0.717) is 24.2 Å². The lowest BCUT2D eigenvalue weighted by atomic mass is 9.81. The van der Waals surface area contributed by atoms with E-state index in [4.69, 9.17) is 4.74 Å². The third-order valence-corrected chi connectivity index (χ3v) is 5.54. The summed E-state index contributed by atoms with van der Waals surface area (Å²) in [5, 5.41) is 0. The second-order valence-corrected chi connectivity index (χ2v) is 7.39. The van der Waals surface area contributed by atoms with E-state index in [0.717, 1.165) is 23.3 Å². The Morgan fingerprint density at radius 1 is 1.18 bits per heavy atom. The van der Waals surface area contributed by atoms with E-state index in [1.54, 1.807) is 12.3 Å². The van der Waals surface area contributed by atoms with Crippen molar-refractivity contribution in [1.29, 1.82) is 0 Å². The Kier molecular flexibility index (Phi) is 4.70. The van der Waals surface area contributed by atoms with Crippen LogP contribution in [0.1, 0.15) is 36.9 Å². The number of fused-ring (bicyclic) bond motifs is 2. The number of hydrogen-bond acceptors (Lipinski definition) is 6. The molecule has 2 amide bonds. The molecule has 8 nitrogen and oxygen atoms in total. The Bertz CT molecular complexity index is 1000. The normalized spacial score (nSPS) is 21.8. The lowest BCUT2D eigenvalue weighted by Crippen LogP contribution is -2.36. The highest BCUT2D eigenvalue weighted by Gasteiger charge is 2.48. The van der Waals surface area contributed by atoms with Gasteiger partial charge in [0.15, 0.2) is 0 Å². The van der Waals surface area contributed by atoms with Gasteiger partial charge in [0.25, 0.3) is 5.56 Å². The highest BCUT2D eigenvalue weighted by atomic mass is 16.5.